The van der Waals surface area contributed by atoms with Crippen LogP contribution in [0.3, 0.4) is 0 Å². The number of carbonyl (C=O) groups is 1. The van der Waals surface area contributed by atoms with Gasteiger partial charge in [0.1, 0.15) is 5.82 Å². The van der Waals surface area contributed by atoms with E-state index in [4.69, 9.17) is 0 Å². The summed E-state index contributed by atoms with van der Waals surface area (Å²) in [6.45, 7) is 1.32. The summed E-state index contributed by atoms with van der Waals surface area (Å²) in [4.78, 5) is 18.6. The third-order valence-electron chi connectivity index (χ3n) is 5.93. The molecular formula is C22H23F3N6O. The highest BCUT2D eigenvalue weighted by Gasteiger charge is 2.34. The lowest BCUT2D eigenvalue weighted by Gasteiger charge is -2.34. The number of hydrogen-bond donors (Lipinski definition) is 2. The number of carbonyl (C=O) groups excluding carboxylic acids is 1. The first kappa shape index (κ1) is 20.6. The third kappa shape index (κ3) is 4.21. The van der Waals surface area contributed by atoms with Crippen molar-refractivity contribution in [3.63, 3.8) is 0 Å². The van der Waals surface area contributed by atoms with E-state index in [2.05, 4.69) is 25.6 Å². The number of nitrogens with zero attached hydrogens (tertiary/aromatic N) is 4. The summed E-state index contributed by atoms with van der Waals surface area (Å²) >= 11 is 0. The summed E-state index contributed by atoms with van der Waals surface area (Å²) in [5.74, 6) is 1.15. The van der Waals surface area contributed by atoms with Crippen LogP contribution >= 0.6 is 0 Å². The first-order valence-corrected chi connectivity index (χ1v) is 10.7. The number of fused-ring (bicyclic) bond motifs is 1. The Morgan fingerprint density at radius 1 is 1.00 bits per heavy atom. The van der Waals surface area contributed by atoms with Gasteiger partial charge in [-0.15, -0.1) is 5.10 Å². The van der Waals surface area contributed by atoms with Gasteiger partial charge in [0.2, 0.25) is 11.9 Å². The molecule has 2 aromatic heterocycles. The minimum atomic E-state index is -4.39. The van der Waals surface area contributed by atoms with Crippen molar-refractivity contribution in [2.24, 2.45) is 5.92 Å². The second-order valence-electron chi connectivity index (χ2n) is 8.30. The number of hydrogen-bond acceptors (Lipinski definition) is 5. The van der Waals surface area contributed by atoms with Crippen molar-refractivity contribution in [1.82, 2.24) is 14.6 Å². The summed E-state index contributed by atoms with van der Waals surface area (Å²) in [5.41, 5.74) is 0.108. The van der Waals surface area contributed by atoms with Crippen molar-refractivity contribution in [3.05, 3.63) is 48.0 Å². The van der Waals surface area contributed by atoms with Crippen LogP contribution in [0.25, 0.3) is 5.65 Å². The van der Waals surface area contributed by atoms with E-state index in [1.807, 2.05) is 18.2 Å². The summed E-state index contributed by atoms with van der Waals surface area (Å²) in [6, 6.07) is 11.2. The molecule has 3 heterocycles. The summed E-state index contributed by atoms with van der Waals surface area (Å²) < 4.78 is 41.5. The van der Waals surface area contributed by atoms with Crippen LogP contribution in [-0.2, 0) is 11.0 Å². The lowest BCUT2D eigenvalue weighted by molar-refractivity contribution is -0.137. The summed E-state index contributed by atoms with van der Waals surface area (Å²) in [5, 5.41) is 10.3. The predicted molar refractivity (Wildman–Crippen MR) is 115 cm³/mol. The molecule has 1 saturated carbocycles. The zero-order chi connectivity index (χ0) is 22.3. The number of alkyl halides is 3. The minimum absolute atomic E-state index is 0.0477. The maximum Gasteiger partial charge on any atom is 0.418 e. The molecule has 0 bridgehead atoms. The Morgan fingerprint density at radius 3 is 2.47 bits per heavy atom. The number of amides is 1. The molecule has 7 nitrogen and oxygen atoms in total. The lowest BCUT2D eigenvalue weighted by atomic mass is 10.0. The van der Waals surface area contributed by atoms with E-state index in [1.54, 1.807) is 10.6 Å². The van der Waals surface area contributed by atoms with Crippen molar-refractivity contribution < 1.29 is 18.0 Å². The van der Waals surface area contributed by atoms with E-state index in [0.29, 0.717) is 31.6 Å². The molecule has 1 aliphatic carbocycles. The molecule has 0 spiro atoms. The van der Waals surface area contributed by atoms with Crippen molar-refractivity contribution >= 4 is 29.0 Å². The van der Waals surface area contributed by atoms with Gasteiger partial charge in [-0.1, -0.05) is 18.2 Å². The van der Waals surface area contributed by atoms with Gasteiger partial charge in [0.25, 0.3) is 0 Å². The van der Waals surface area contributed by atoms with Crippen LogP contribution in [0.4, 0.5) is 30.6 Å². The van der Waals surface area contributed by atoms with E-state index in [0.717, 1.165) is 24.7 Å². The van der Waals surface area contributed by atoms with E-state index in [-0.39, 0.29) is 29.5 Å². The number of aromatic nitrogens is 3. The van der Waals surface area contributed by atoms with Gasteiger partial charge in [-0.25, -0.2) is 0 Å². The van der Waals surface area contributed by atoms with Crippen LogP contribution in [0, 0.1) is 5.92 Å². The molecular weight excluding hydrogens is 421 g/mol. The molecule has 2 fully saturated rings. The average Bonchev–Trinajstić information content (AvgIpc) is 3.54. The fourth-order valence-electron chi connectivity index (χ4n) is 4.07. The number of piperidine rings is 1. The van der Waals surface area contributed by atoms with Crippen LogP contribution in [0.2, 0.25) is 0 Å². The van der Waals surface area contributed by atoms with Gasteiger partial charge in [0.15, 0.2) is 5.65 Å². The fraction of sp³-hybridized carbons (Fsp3) is 0.409. The van der Waals surface area contributed by atoms with Crippen molar-refractivity contribution in [1.29, 1.82) is 0 Å². The van der Waals surface area contributed by atoms with E-state index in [1.165, 1.54) is 12.1 Å². The second-order valence-corrected chi connectivity index (χ2v) is 8.30. The van der Waals surface area contributed by atoms with Gasteiger partial charge in [-0.05, 0) is 49.9 Å². The topological polar surface area (TPSA) is 74.6 Å². The van der Waals surface area contributed by atoms with E-state index < -0.39 is 11.7 Å². The summed E-state index contributed by atoms with van der Waals surface area (Å²) in [6.07, 6.45) is -1.22. The molecule has 10 heteroatoms. The third-order valence-corrected chi connectivity index (χ3v) is 5.93. The molecule has 1 saturated heterocycles. The number of pyridine rings is 1. The van der Waals surface area contributed by atoms with Gasteiger partial charge >= 0.3 is 6.18 Å². The normalized spacial score (nSPS) is 17.5. The van der Waals surface area contributed by atoms with Gasteiger partial charge in [0, 0.05) is 30.7 Å². The molecule has 1 aromatic carbocycles. The van der Waals surface area contributed by atoms with Crippen LogP contribution < -0.4 is 15.5 Å². The highest BCUT2D eigenvalue weighted by molar-refractivity contribution is 5.92. The molecule has 32 heavy (non-hydrogen) atoms. The first-order valence-electron chi connectivity index (χ1n) is 10.7. The van der Waals surface area contributed by atoms with Crippen molar-refractivity contribution in [2.75, 3.05) is 28.6 Å². The molecule has 0 atom stereocenters. The maximum absolute atomic E-state index is 13.3. The van der Waals surface area contributed by atoms with Crippen LogP contribution in [0.5, 0.6) is 0 Å². The van der Waals surface area contributed by atoms with Gasteiger partial charge < -0.3 is 10.2 Å². The Morgan fingerprint density at radius 2 is 1.75 bits per heavy atom. The van der Waals surface area contributed by atoms with Gasteiger partial charge in [-0.3, -0.25) is 10.1 Å². The number of halogens is 3. The molecule has 2 aliphatic rings. The standard InChI is InChI=1S/C22H23F3N6O/c23-22(24,25)16-4-1-2-5-17(16)26-15-10-12-30(13-11-15)19-7-3-6-18-27-21(29-31(18)19)28-20(32)14-8-9-14/h1-7,14-15,26H,8-13H2,(H,28,29,32). The summed E-state index contributed by atoms with van der Waals surface area (Å²) in [7, 11) is 0. The maximum atomic E-state index is 13.3. The van der Waals surface area contributed by atoms with Crippen LogP contribution in [-0.4, -0.2) is 39.6 Å². The van der Waals surface area contributed by atoms with Crippen LogP contribution in [0.1, 0.15) is 31.2 Å². The molecule has 168 valence electrons. The molecule has 5 rings (SSSR count). The Balaban J connectivity index is 1.27. The molecule has 2 N–H and O–H groups in total. The zero-order valence-corrected chi connectivity index (χ0v) is 17.3. The van der Waals surface area contributed by atoms with Gasteiger partial charge in [0.05, 0.1) is 5.56 Å². The SMILES string of the molecule is O=C(Nc1nc2cccc(N3CCC(Nc4ccccc4C(F)(F)F)CC3)n2n1)C1CC1. The molecule has 0 unspecified atom stereocenters. The second kappa shape index (κ2) is 7.99. The average molecular weight is 444 g/mol. The number of para-hydroxylation sites is 1. The monoisotopic (exact) mass is 444 g/mol. The zero-order valence-electron chi connectivity index (χ0n) is 17.3. The Kier molecular flexibility index (Phi) is 5.15. The van der Waals surface area contributed by atoms with Crippen molar-refractivity contribution in [2.45, 2.75) is 37.9 Å². The van der Waals surface area contributed by atoms with Crippen LogP contribution in [0.15, 0.2) is 42.5 Å². The fourth-order valence-corrected chi connectivity index (χ4v) is 4.07. The first-order chi connectivity index (χ1) is 15.4. The Labute approximate surface area is 182 Å². The molecule has 0 radical (unpaired) electrons. The Hall–Kier alpha value is -3.30. The quantitative estimate of drug-likeness (QED) is 0.618. The lowest BCUT2D eigenvalue weighted by Crippen LogP contribution is -2.40. The largest absolute Gasteiger partial charge is 0.418 e. The van der Waals surface area contributed by atoms with E-state index >= 15 is 0 Å². The number of rotatable bonds is 5. The highest BCUT2D eigenvalue weighted by Crippen LogP contribution is 2.35. The molecule has 1 aliphatic heterocycles. The smallest absolute Gasteiger partial charge is 0.382 e. The minimum Gasteiger partial charge on any atom is -0.382 e. The van der Waals surface area contributed by atoms with Gasteiger partial charge in [-0.2, -0.15) is 22.7 Å². The van der Waals surface area contributed by atoms with E-state index in [9.17, 15) is 18.0 Å². The Bertz CT molecular complexity index is 1130. The molecule has 3 aromatic rings. The number of nitrogens with one attached hydrogen (secondary N) is 2. The van der Waals surface area contributed by atoms with Crippen molar-refractivity contribution in [3.8, 4) is 0 Å². The number of benzene rings is 1. The highest BCUT2D eigenvalue weighted by atomic mass is 19.4. The molecule has 1 amide bonds. The number of anilines is 3. The predicted octanol–water partition coefficient (Wildman–Crippen LogP) is 4.18.